The first-order valence-corrected chi connectivity index (χ1v) is 7.41. The molecule has 0 bridgehead atoms. The number of carbonyl (C=O) groups is 1. The monoisotopic (exact) mass is 373 g/mol. The zero-order valence-electron chi connectivity index (χ0n) is 9.52. The highest BCUT2D eigenvalue weighted by molar-refractivity contribution is 14.1. The Hall–Kier alpha value is -1.08. The predicted octanol–water partition coefficient (Wildman–Crippen LogP) is 3.03. The van der Waals surface area contributed by atoms with Gasteiger partial charge < -0.3 is 10.4 Å². The van der Waals surface area contributed by atoms with Gasteiger partial charge in [-0.1, -0.05) is 12.1 Å². The molecule has 1 aromatic heterocycles. The molecule has 1 amide bonds. The van der Waals surface area contributed by atoms with Crippen LogP contribution in [0.1, 0.15) is 15.9 Å². The Kier molecular flexibility index (Phi) is 4.60. The summed E-state index contributed by atoms with van der Waals surface area (Å²) < 4.78 is 1.11. The van der Waals surface area contributed by atoms with Crippen LogP contribution in [-0.2, 0) is 6.42 Å². The molecular formula is C13H12INO2S. The molecule has 1 heterocycles. The summed E-state index contributed by atoms with van der Waals surface area (Å²) in [4.78, 5) is 11.8. The third-order valence-electron chi connectivity index (χ3n) is 2.47. The molecule has 0 unspecified atom stereocenters. The fourth-order valence-electron chi connectivity index (χ4n) is 1.51. The van der Waals surface area contributed by atoms with E-state index in [0.717, 1.165) is 20.4 Å². The quantitative estimate of drug-likeness (QED) is 0.810. The number of halogens is 1. The number of aromatic hydroxyl groups is 1. The number of thiophene rings is 1. The number of carbonyl (C=O) groups excluding carboxylic acids is 1. The summed E-state index contributed by atoms with van der Waals surface area (Å²) in [5, 5.41) is 13.9. The number of phenolic OH excluding ortho intramolecular Hbond substituents is 1. The molecular weight excluding hydrogens is 361 g/mol. The Bertz CT molecular complexity index is 536. The maximum atomic E-state index is 11.8. The molecule has 0 spiro atoms. The standard InChI is InChI=1S/C13H12INO2S/c14-12-7-10(8-18-12)13(17)15-6-5-9-1-3-11(16)4-2-9/h1-4,7-8,16H,5-6H2,(H,15,17). The van der Waals surface area contributed by atoms with Gasteiger partial charge in [-0.2, -0.15) is 0 Å². The summed E-state index contributed by atoms with van der Waals surface area (Å²) in [6.45, 7) is 0.593. The number of nitrogens with one attached hydrogen (secondary N) is 1. The summed E-state index contributed by atoms with van der Waals surface area (Å²) in [5.41, 5.74) is 1.81. The van der Waals surface area contributed by atoms with Gasteiger partial charge >= 0.3 is 0 Å². The largest absolute Gasteiger partial charge is 0.508 e. The van der Waals surface area contributed by atoms with E-state index in [9.17, 15) is 4.79 Å². The van der Waals surface area contributed by atoms with Crippen molar-refractivity contribution in [2.75, 3.05) is 6.54 Å². The van der Waals surface area contributed by atoms with Gasteiger partial charge in [0.1, 0.15) is 5.75 Å². The lowest BCUT2D eigenvalue weighted by Crippen LogP contribution is -2.25. The molecule has 94 valence electrons. The van der Waals surface area contributed by atoms with Gasteiger partial charge in [-0.3, -0.25) is 4.79 Å². The lowest BCUT2D eigenvalue weighted by molar-refractivity contribution is 0.0954. The number of benzene rings is 1. The van der Waals surface area contributed by atoms with Gasteiger partial charge in [-0.15, -0.1) is 11.3 Å². The second-order valence-electron chi connectivity index (χ2n) is 3.81. The van der Waals surface area contributed by atoms with Crippen LogP contribution in [0, 0.1) is 2.88 Å². The molecule has 0 fully saturated rings. The zero-order chi connectivity index (χ0) is 13.0. The summed E-state index contributed by atoms with van der Waals surface area (Å²) in [5.74, 6) is 0.226. The second kappa shape index (κ2) is 6.19. The highest BCUT2D eigenvalue weighted by Gasteiger charge is 2.06. The van der Waals surface area contributed by atoms with E-state index >= 15 is 0 Å². The molecule has 3 nitrogen and oxygen atoms in total. The first kappa shape index (κ1) is 13.4. The fourth-order valence-corrected chi connectivity index (χ4v) is 2.84. The molecule has 2 N–H and O–H groups in total. The van der Waals surface area contributed by atoms with Gasteiger partial charge in [0.25, 0.3) is 5.91 Å². The minimum atomic E-state index is -0.0343. The van der Waals surface area contributed by atoms with E-state index in [2.05, 4.69) is 27.9 Å². The van der Waals surface area contributed by atoms with Crippen molar-refractivity contribution in [2.24, 2.45) is 0 Å². The first-order chi connectivity index (χ1) is 8.65. The Balaban J connectivity index is 1.82. The van der Waals surface area contributed by atoms with Crippen LogP contribution >= 0.6 is 33.9 Å². The predicted molar refractivity (Wildman–Crippen MR) is 81.2 cm³/mol. The van der Waals surface area contributed by atoms with Crippen molar-refractivity contribution in [3.63, 3.8) is 0 Å². The van der Waals surface area contributed by atoms with Crippen molar-refractivity contribution in [1.29, 1.82) is 0 Å². The third-order valence-corrected chi connectivity index (χ3v) is 4.25. The number of rotatable bonds is 4. The Labute approximate surface area is 123 Å². The summed E-state index contributed by atoms with van der Waals surface area (Å²) in [7, 11) is 0. The molecule has 0 aliphatic heterocycles. The zero-order valence-corrected chi connectivity index (χ0v) is 12.5. The van der Waals surface area contributed by atoms with E-state index in [1.807, 2.05) is 23.6 Å². The number of amides is 1. The van der Waals surface area contributed by atoms with Crippen LogP contribution in [0.4, 0.5) is 0 Å². The van der Waals surface area contributed by atoms with Crippen molar-refractivity contribution in [3.8, 4) is 5.75 Å². The Morgan fingerprint density at radius 3 is 2.67 bits per heavy atom. The van der Waals surface area contributed by atoms with Crippen molar-refractivity contribution in [3.05, 3.63) is 49.7 Å². The van der Waals surface area contributed by atoms with Gasteiger partial charge in [-0.25, -0.2) is 0 Å². The molecule has 5 heteroatoms. The highest BCUT2D eigenvalue weighted by atomic mass is 127. The first-order valence-electron chi connectivity index (χ1n) is 5.45. The molecule has 0 saturated carbocycles. The number of hydrogen-bond donors (Lipinski definition) is 2. The Morgan fingerprint density at radius 2 is 2.06 bits per heavy atom. The number of hydrogen-bond acceptors (Lipinski definition) is 3. The van der Waals surface area contributed by atoms with Crippen LogP contribution in [0.2, 0.25) is 0 Å². The van der Waals surface area contributed by atoms with Crippen molar-refractivity contribution < 1.29 is 9.90 Å². The van der Waals surface area contributed by atoms with E-state index in [0.29, 0.717) is 6.54 Å². The topological polar surface area (TPSA) is 49.3 Å². The SMILES string of the molecule is O=C(NCCc1ccc(O)cc1)c1csc(I)c1. The van der Waals surface area contributed by atoms with Gasteiger partial charge in [-0.05, 0) is 52.8 Å². The van der Waals surface area contributed by atoms with Crippen LogP contribution in [0.5, 0.6) is 5.75 Å². The molecule has 0 atom stereocenters. The van der Waals surface area contributed by atoms with Crippen LogP contribution in [0.25, 0.3) is 0 Å². The molecule has 0 radical (unpaired) electrons. The van der Waals surface area contributed by atoms with Gasteiger partial charge in [0.2, 0.25) is 0 Å². The third kappa shape index (κ3) is 3.71. The average Bonchev–Trinajstić information content (AvgIpc) is 2.78. The minimum Gasteiger partial charge on any atom is -0.508 e. The maximum absolute atomic E-state index is 11.8. The second-order valence-corrected chi connectivity index (χ2v) is 6.62. The molecule has 18 heavy (non-hydrogen) atoms. The van der Waals surface area contributed by atoms with Crippen LogP contribution in [-0.4, -0.2) is 17.6 Å². The molecule has 2 rings (SSSR count). The van der Waals surface area contributed by atoms with Gasteiger partial charge in [0.05, 0.1) is 8.45 Å². The van der Waals surface area contributed by atoms with Crippen LogP contribution < -0.4 is 5.32 Å². The van der Waals surface area contributed by atoms with E-state index in [1.165, 1.54) is 0 Å². The van der Waals surface area contributed by atoms with Crippen molar-refractivity contribution in [1.82, 2.24) is 5.32 Å². The molecule has 1 aromatic carbocycles. The summed E-state index contributed by atoms with van der Waals surface area (Å²) in [6, 6.07) is 8.89. The molecule has 2 aromatic rings. The lowest BCUT2D eigenvalue weighted by atomic mass is 10.1. The van der Waals surface area contributed by atoms with E-state index in [-0.39, 0.29) is 11.7 Å². The lowest BCUT2D eigenvalue weighted by Gasteiger charge is -2.04. The highest BCUT2D eigenvalue weighted by Crippen LogP contribution is 2.16. The van der Waals surface area contributed by atoms with Crippen LogP contribution in [0.3, 0.4) is 0 Å². The van der Waals surface area contributed by atoms with Crippen molar-refractivity contribution in [2.45, 2.75) is 6.42 Å². The van der Waals surface area contributed by atoms with Gasteiger partial charge in [0.15, 0.2) is 0 Å². The summed E-state index contributed by atoms with van der Waals surface area (Å²) in [6.07, 6.45) is 0.757. The van der Waals surface area contributed by atoms with Crippen molar-refractivity contribution >= 4 is 39.8 Å². The molecule has 0 saturated heterocycles. The normalized spacial score (nSPS) is 10.3. The van der Waals surface area contributed by atoms with E-state index in [4.69, 9.17) is 5.11 Å². The fraction of sp³-hybridized carbons (Fsp3) is 0.154. The minimum absolute atomic E-state index is 0.0343. The molecule has 0 aliphatic rings. The van der Waals surface area contributed by atoms with Gasteiger partial charge in [0, 0.05) is 11.9 Å². The average molecular weight is 373 g/mol. The maximum Gasteiger partial charge on any atom is 0.252 e. The number of phenols is 1. The smallest absolute Gasteiger partial charge is 0.252 e. The van der Waals surface area contributed by atoms with E-state index in [1.54, 1.807) is 23.5 Å². The van der Waals surface area contributed by atoms with Crippen LogP contribution in [0.15, 0.2) is 35.7 Å². The Morgan fingerprint density at radius 1 is 1.33 bits per heavy atom. The molecule has 0 aliphatic carbocycles. The summed E-state index contributed by atoms with van der Waals surface area (Å²) >= 11 is 3.76. The van der Waals surface area contributed by atoms with E-state index < -0.39 is 0 Å².